The lowest BCUT2D eigenvalue weighted by atomic mass is 9.97. The Balaban J connectivity index is 1.48. The summed E-state index contributed by atoms with van der Waals surface area (Å²) in [4.78, 5) is 34.2. The van der Waals surface area contributed by atoms with Crippen LogP contribution in [0.4, 0.5) is 0 Å². The van der Waals surface area contributed by atoms with Crippen molar-refractivity contribution >= 4 is 39.2 Å². The van der Waals surface area contributed by atoms with Crippen LogP contribution in [0.2, 0.25) is 0 Å². The van der Waals surface area contributed by atoms with Gasteiger partial charge in [0.1, 0.15) is 10.4 Å². The molecule has 8 heteroatoms. The van der Waals surface area contributed by atoms with E-state index in [2.05, 4.69) is 21.4 Å². The van der Waals surface area contributed by atoms with E-state index in [0.29, 0.717) is 18.0 Å². The SMILES string of the molecule is N#CC1(NC(=O)CSc2nc3sc4c(c3c(=O)[nH]2)CCCC4)CCCC1. The van der Waals surface area contributed by atoms with E-state index in [4.69, 9.17) is 0 Å². The van der Waals surface area contributed by atoms with Crippen molar-refractivity contribution in [2.75, 3.05) is 5.75 Å². The minimum atomic E-state index is -0.713. The van der Waals surface area contributed by atoms with Crippen LogP contribution in [0.1, 0.15) is 49.0 Å². The second-order valence-electron chi connectivity index (χ2n) is 7.00. The van der Waals surface area contributed by atoms with Crippen molar-refractivity contribution in [3.8, 4) is 6.07 Å². The highest BCUT2D eigenvalue weighted by Gasteiger charge is 2.35. The lowest BCUT2D eigenvalue weighted by Crippen LogP contribution is -2.45. The van der Waals surface area contributed by atoms with E-state index >= 15 is 0 Å². The Morgan fingerprint density at radius 1 is 1.31 bits per heavy atom. The van der Waals surface area contributed by atoms with Crippen LogP contribution < -0.4 is 10.9 Å². The highest BCUT2D eigenvalue weighted by Crippen LogP contribution is 2.34. The Bertz CT molecular complexity index is 950. The highest BCUT2D eigenvalue weighted by atomic mass is 32.2. The second-order valence-corrected chi connectivity index (χ2v) is 9.05. The van der Waals surface area contributed by atoms with Gasteiger partial charge in [0.05, 0.1) is 17.2 Å². The average molecular weight is 389 g/mol. The summed E-state index contributed by atoms with van der Waals surface area (Å²) < 4.78 is 0. The number of fused-ring (bicyclic) bond motifs is 3. The molecule has 0 atom stereocenters. The summed E-state index contributed by atoms with van der Waals surface area (Å²) in [6, 6.07) is 2.25. The minimum Gasteiger partial charge on any atom is -0.337 e. The van der Waals surface area contributed by atoms with Gasteiger partial charge in [-0.2, -0.15) is 5.26 Å². The molecule has 0 aromatic carbocycles. The monoisotopic (exact) mass is 388 g/mol. The Hall–Kier alpha value is -1.85. The maximum atomic E-state index is 12.5. The molecule has 0 bridgehead atoms. The topological polar surface area (TPSA) is 98.6 Å². The summed E-state index contributed by atoms with van der Waals surface area (Å²) >= 11 is 2.82. The quantitative estimate of drug-likeness (QED) is 0.620. The summed E-state index contributed by atoms with van der Waals surface area (Å²) in [7, 11) is 0. The normalized spacial score (nSPS) is 18.4. The van der Waals surface area contributed by atoms with Gasteiger partial charge in [0.2, 0.25) is 5.91 Å². The number of rotatable bonds is 4. The third-order valence-electron chi connectivity index (χ3n) is 5.19. The molecule has 2 aliphatic carbocycles. The van der Waals surface area contributed by atoms with Gasteiger partial charge in [-0.3, -0.25) is 9.59 Å². The summed E-state index contributed by atoms with van der Waals surface area (Å²) in [6.45, 7) is 0. The standard InChI is InChI=1S/C18H20N4O2S2/c19-10-18(7-3-4-8-18)22-13(23)9-25-17-20-15(24)14-11-5-1-2-6-12(11)26-16(14)21-17/h1-9H2,(H,22,23)(H,20,21,24). The molecule has 2 aromatic rings. The fraction of sp³-hybridized carbons (Fsp3) is 0.556. The molecule has 26 heavy (non-hydrogen) atoms. The molecular weight excluding hydrogens is 368 g/mol. The van der Waals surface area contributed by atoms with E-state index in [1.165, 1.54) is 23.1 Å². The molecule has 1 fully saturated rings. The third kappa shape index (κ3) is 3.26. The number of nitrogens with zero attached hydrogens (tertiary/aromatic N) is 2. The largest absolute Gasteiger partial charge is 0.337 e. The van der Waals surface area contributed by atoms with Gasteiger partial charge in [-0.25, -0.2) is 4.98 Å². The fourth-order valence-corrected chi connectivity index (χ4v) is 5.87. The molecule has 2 heterocycles. The number of nitrogens with one attached hydrogen (secondary N) is 2. The molecule has 6 nitrogen and oxygen atoms in total. The number of aromatic nitrogens is 2. The molecule has 136 valence electrons. The first-order chi connectivity index (χ1) is 12.6. The molecule has 0 unspecified atom stereocenters. The first kappa shape index (κ1) is 17.6. The molecule has 2 aliphatic rings. The number of carbonyl (C=O) groups is 1. The van der Waals surface area contributed by atoms with Gasteiger partial charge in [0, 0.05) is 4.88 Å². The van der Waals surface area contributed by atoms with E-state index in [1.807, 2.05) is 0 Å². The summed E-state index contributed by atoms with van der Waals surface area (Å²) in [6.07, 6.45) is 7.62. The summed E-state index contributed by atoms with van der Waals surface area (Å²) in [5, 5.41) is 13.4. The fourth-order valence-electron chi connectivity index (χ4n) is 3.89. The van der Waals surface area contributed by atoms with Crippen LogP contribution in [0.5, 0.6) is 0 Å². The van der Waals surface area contributed by atoms with Crippen LogP contribution in [0.25, 0.3) is 10.2 Å². The third-order valence-corrected chi connectivity index (χ3v) is 7.25. The van der Waals surface area contributed by atoms with Crippen molar-refractivity contribution in [2.45, 2.75) is 62.1 Å². The van der Waals surface area contributed by atoms with Gasteiger partial charge < -0.3 is 10.3 Å². The first-order valence-corrected chi connectivity index (χ1v) is 10.8. The maximum Gasteiger partial charge on any atom is 0.260 e. The maximum absolute atomic E-state index is 12.5. The molecule has 0 spiro atoms. The van der Waals surface area contributed by atoms with E-state index in [-0.39, 0.29) is 17.2 Å². The average Bonchev–Trinajstić information content (AvgIpc) is 3.24. The van der Waals surface area contributed by atoms with E-state index in [0.717, 1.165) is 47.9 Å². The number of thiophene rings is 1. The minimum absolute atomic E-state index is 0.110. The summed E-state index contributed by atoms with van der Waals surface area (Å²) in [5.41, 5.74) is 0.341. The number of H-pyrrole nitrogens is 1. The van der Waals surface area contributed by atoms with Gasteiger partial charge in [0.15, 0.2) is 5.16 Å². The van der Waals surface area contributed by atoms with Gasteiger partial charge >= 0.3 is 0 Å². The number of aromatic amines is 1. The molecule has 4 rings (SSSR count). The second kappa shape index (κ2) is 7.05. The summed E-state index contributed by atoms with van der Waals surface area (Å²) in [5.74, 6) is -0.0464. The lowest BCUT2D eigenvalue weighted by Gasteiger charge is -2.21. The molecule has 0 aliphatic heterocycles. The predicted octanol–water partition coefficient (Wildman–Crippen LogP) is 2.91. The zero-order valence-corrected chi connectivity index (χ0v) is 16.0. The van der Waals surface area contributed by atoms with Crippen LogP contribution in [0.15, 0.2) is 9.95 Å². The highest BCUT2D eigenvalue weighted by molar-refractivity contribution is 7.99. The Morgan fingerprint density at radius 2 is 2.08 bits per heavy atom. The van der Waals surface area contributed by atoms with Crippen LogP contribution in [0.3, 0.4) is 0 Å². The van der Waals surface area contributed by atoms with Crippen molar-refractivity contribution in [3.63, 3.8) is 0 Å². The van der Waals surface area contributed by atoms with Gasteiger partial charge in [-0.1, -0.05) is 11.8 Å². The van der Waals surface area contributed by atoms with E-state index < -0.39 is 5.54 Å². The number of nitriles is 1. The van der Waals surface area contributed by atoms with Crippen LogP contribution in [-0.4, -0.2) is 27.2 Å². The van der Waals surface area contributed by atoms with Crippen LogP contribution >= 0.6 is 23.1 Å². The Labute approximate surface area is 159 Å². The Morgan fingerprint density at radius 3 is 2.85 bits per heavy atom. The molecular formula is C18H20N4O2S2. The number of carbonyl (C=O) groups excluding carboxylic acids is 1. The predicted molar refractivity (Wildman–Crippen MR) is 103 cm³/mol. The van der Waals surface area contributed by atoms with Crippen molar-refractivity contribution in [1.82, 2.24) is 15.3 Å². The zero-order chi connectivity index (χ0) is 18.1. The molecule has 0 radical (unpaired) electrons. The lowest BCUT2D eigenvalue weighted by molar-refractivity contribution is -0.119. The number of amides is 1. The van der Waals surface area contributed by atoms with Gasteiger partial charge in [0.25, 0.3) is 5.56 Å². The number of hydrogen-bond acceptors (Lipinski definition) is 6. The van der Waals surface area contributed by atoms with Crippen molar-refractivity contribution in [2.24, 2.45) is 0 Å². The van der Waals surface area contributed by atoms with Gasteiger partial charge in [-0.15, -0.1) is 11.3 Å². The van der Waals surface area contributed by atoms with Gasteiger partial charge in [-0.05, 0) is 56.9 Å². The van der Waals surface area contributed by atoms with E-state index in [1.54, 1.807) is 11.3 Å². The molecule has 2 N–H and O–H groups in total. The van der Waals surface area contributed by atoms with Crippen LogP contribution in [-0.2, 0) is 17.6 Å². The molecule has 0 saturated heterocycles. The smallest absolute Gasteiger partial charge is 0.260 e. The molecule has 1 saturated carbocycles. The number of hydrogen-bond donors (Lipinski definition) is 2. The van der Waals surface area contributed by atoms with E-state index in [9.17, 15) is 14.9 Å². The Kier molecular flexibility index (Phi) is 4.76. The van der Waals surface area contributed by atoms with Crippen molar-refractivity contribution in [3.05, 3.63) is 20.8 Å². The number of aryl methyl sites for hydroxylation is 2. The first-order valence-electron chi connectivity index (χ1n) is 9.00. The molecule has 2 aromatic heterocycles. The number of thioether (sulfide) groups is 1. The van der Waals surface area contributed by atoms with Crippen molar-refractivity contribution in [1.29, 1.82) is 5.26 Å². The molecule has 1 amide bonds. The zero-order valence-electron chi connectivity index (χ0n) is 14.4. The van der Waals surface area contributed by atoms with Crippen molar-refractivity contribution < 1.29 is 4.79 Å². The van der Waals surface area contributed by atoms with Crippen LogP contribution in [0, 0.1) is 11.3 Å².